The van der Waals surface area contributed by atoms with Gasteiger partial charge >= 0.3 is 0 Å². The Kier molecular flexibility index (Phi) is 6.54. The summed E-state index contributed by atoms with van der Waals surface area (Å²) in [7, 11) is 0. The molecule has 0 spiro atoms. The van der Waals surface area contributed by atoms with Crippen LogP contribution in [0.2, 0.25) is 0 Å². The molecule has 0 aromatic heterocycles. The first-order chi connectivity index (χ1) is 16.2. The highest BCUT2D eigenvalue weighted by molar-refractivity contribution is 5.97. The van der Waals surface area contributed by atoms with Crippen LogP contribution in [0.5, 0.6) is 0 Å². The van der Waals surface area contributed by atoms with Crippen LogP contribution in [0.3, 0.4) is 0 Å². The Labute approximate surface area is 206 Å². The van der Waals surface area contributed by atoms with Crippen molar-refractivity contribution in [3.05, 3.63) is 35.4 Å². The lowest BCUT2D eigenvalue weighted by Gasteiger charge is -2.57. The van der Waals surface area contributed by atoms with Gasteiger partial charge in [-0.3, -0.25) is 9.59 Å². The van der Waals surface area contributed by atoms with E-state index in [1.165, 1.54) is 50.5 Å². The van der Waals surface area contributed by atoms with Crippen molar-refractivity contribution < 1.29 is 9.59 Å². The van der Waals surface area contributed by atoms with Crippen LogP contribution in [-0.2, 0) is 10.2 Å². The maximum Gasteiger partial charge on any atom is 0.251 e. The molecule has 0 radical (unpaired) electrons. The summed E-state index contributed by atoms with van der Waals surface area (Å²) in [5.74, 6) is 3.68. The summed E-state index contributed by atoms with van der Waals surface area (Å²) in [6.45, 7) is 8.53. The van der Waals surface area contributed by atoms with Crippen molar-refractivity contribution >= 4 is 11.8 Å². The van der Waals surface area contributed by atoms with E-state index in [4.69, 9.17) is 0 Å². The van der Waals surface area contributed by atoms with Gasteiger partial charge in [0.2, 0.25) is 5.91 Å². The molecule has 1 aromatic carbocycles. The SMILES string of the molecule is CC(C)[C@H](NC(=O)c1ccc(C23CC4CC(CC(C4)C2)C3)cc1)C(=O)N[C@@H]1CCC[C@H](C)[C@@H]1C. The highest BCUT2D eigenvalue weighted by Crippen LogP contribution is 2.60. The van der Waals surface area contributed by atoms with E-state index in [-0.39, 0.29) is 23.8 Å². The van der Waals surface area contributed by atoms with Gasteiger partial charge in [-0.25, -0.2) is 0 Å². The largest absolute Gasteiger partial charge is 0.351 e. The van der Waals surface area contributed by atoms with Gasteiger partial charge < -0.3 is 10.6 Å². The predicted molar refractivity (Wildman–Crippen MR) is 136 cm³/mol. The van der Waals surface area contributed by atoms with Crippen LogP contribution in [0.4, 0.5) is 0 Å². The van der Waals surface area contributed by atoms with Gasteiger partial charge in [0.15, 0.2) is 0 Å². The Morgan fingerprint density at radius 3 is 2.06 bits per heavy atom. The van der Waals surface area contributed by atoms with Crippen molar-refractivity contribution in [2.75, 3.05) is 0 Å². The fourth-order valence-electron chi connectivity index (χ4n) is 8.26. The normalized spacial score (nSPS) is 37.4. The molecule has 5 fully saturated rings. The van der Waals surface area contributed by atoms with Gasteiger partial charge in [-0.2, -0.15) is 0 Å². The molecule has 0 heterocycles. The standard InChI is InChI=1S/C30H44N2O2/c1-18(2)27(29(34)31-26-7-5-6-19(3)20(26)4)32-28(33)24-8-10-25(11-9-24)30-15-21-12-22(16-30)14-23(13-21)17-30/h8-11,18-23,26-27H,5-7,12-17H2,1-4H3,(H,31,34)(H,32,33)/t19-,20-,21?,22?,23?,26+,27-,30?/m0/s1. The van der Waals surface area contributed by atoms with Crippen LogP contribution >= 0.6 is 0 Å². The fraction of sp³-hybridized carbons (Fsp3) is 0.733. The molecule has 186 valence electrons. The van der Waals surface area contributed by atoms with Gasteiger partial charge in [0.1, 0.15) is 6.04 Å². The van der Waals surface area contributed by atoms with Crippen molar-refractivity contribution in [2.24, 2.45) is 35.5 Å². The molecule has 0 unspecified atom stereocenters. The summed E-state index contributed by atoms with van der Waals surface area (Å²) in [4.78, 5) is 26.3. The quantitative estimate of drug-likeness (QED) is 0.555. The van der Waals surface area contributed by atoms with Crippen molar-refractivity contribution in [2.45, 2.75) is 103 Å². The maximum absolute atomic E-state index is 13.2. The van der Waals surface area contributed by atoms with Crippen molar-refractivity contribution in [1.29, 1.82) is 0 Å². The van der Waals surface area contributed by atoms with Gasteiger partial charge in [0.05, 0.1) is 0 Å². The number of benzene rings is 1. The van der Waals surface area contributed by atoms with Gasteiger partial charge in [0.25, 0.3) is 5.91 Å². The Morgan fingerprint density at radius 1 is 0.912 bits per heavy atom. The number of hydrogen-bond acceptors (Lipinski definition) is 2. The van der Waals surface area contributed by atoms with E-state index in [9.17, 15) is 9.59 Å². The second kappa shape index (κ2) is 9.32. The lowest BCUT2D eigenvalue weighted by Crippen LogP contribution is -2.54. The van der Waals surface area contributed by atoms with Crippen LogP contribution in [-0.4, -0.2) is 23.9 Å². The zero-order chi connectivity index (χ0) is 24.0. The maximum atomic E-state index is 13.2. The zero-order valence-electron chi connectivity index (χ0n) is 21.6. The zero-order valence-corrected chi connectivity index (χ0v) is 21.6. The molecule has 4 heteroatoms. The fourth-order valence-corrected chi connectivity index (χ4v) is 8.26. The predicted octanol–water partition coefficient (Wildman–Crippen LogP) is 5.85. The minimum Gasteiger partial charge on any atom is -0.351 e. The smallest absolute Gasteiger partial charge is 0.251 e. The summed E-state index contributed by atoms with van der Waals surface area (Å²) in [6.07, 6.45) is 11.7. The molecule has 1 aromatic rings. The molecule has 4 atom stereocenters. The summed E-state index contributed by atoms with van der Waals surface area (Å²) in [5, 5.41) is 6.32. The average molecular weight is 465 g/mol. The number of carbonyl (C=O) groups is 2. The first kappa shape index (κ1) is 23.9. The molecule has 5 aliphatic rings. The second-order valence-corrected chi connectivity index (χ2v) is 12.9. The van der Waals surface area contributed by atoms with Crippen LogP contribution < -0.4 is 10.6 Å². The lowest BCUT2D eigenvalue weighted by molar-refractivity contribution is -0.125. The topological polar surface area (TPSA) is 58.2 Å². The third-order valence-corrected chi connectivity index (χ3v) is 10.1. The number of carbonyl (C=O) groups excluding carboxylic acids is 2. The first-order valence-corrected chi connectivity index (χ1v) is 14.0. The van der Waals surface area contributed by atoms with E-state index in [0.717, 1.165) is 30.6 Å². The van der Waals surface area contributed by atoms with Crippen LogP contribution in [0.1, 0.15) is 101 Å². The Morgan fingerprint density at radius 2 is 1.50 bits per heavy atom. The molecule has 2 N–H and O–H groups in total. The molecule has 4 nitrogen and oxygen atoms in total. The van der Waals surface area contributed by atoms with Crippen LogP contribution in [0.25, 0.3) is 0 Å². The first-order valence-electron chi connectivity index (χ1n) is 14.0. The van der Waals surface area contributed by atoms with Crippen molar-refractivity contribution in [1.82, 2.24) is 10.6 Å². The van der Waals surface area contributed by atoms with E-state index < -0.39 is 6.04 Å². The minimum absolute atomic E-state index is 0.0339. The number of rotatable bonds is 6. The summed E-state index contributed by atoms with van der Waals surface area (Å²) in [5.41, 5.74) is 2.44. The van der Waals surface area contributed by atoms with E-state index >= 15 is 0 Å². The third kappa shape index (κ3) is 4.54. The second-order valence-electron chi connectivity index (χ2n) is 12.9. The monoisotopic (exact) mass is 464 g/mol. The van der Waals surface area contributed by atoms with Crippen LogP contribution in [0, 0.1) is 35.5 Å². The highest BCUT2D eigenvalue weighted by atomic mass is 16.2. The average Bonchev–Trinajstić information content (AvgIpc) is 2.79. The molecule has 34 heavy (non-hydrogen) atoms. The Balaban J connectivity index is 1.24. The van der Waals surface area contributed by atoms with Gasteiger partial charge in [-0.15, -0.1) is 0 Å². The molecule has 0 saturated heterocycles. The molecule has 6 rings (SSSR count). The number of hydrogen-bond donors (Lipinski definition) is 2. The summed E-state index contributed by atoms with van der Waals surface area (Å²) in [6, 6.07) is 8.08. The van der Waals surface area contributed by atoms with E-state index in [0.29, 0.717) is 22.8 Å². The highest BCUT2D eigenvalue weighted by Gasteiger charge is 2.51. The van der Waals surface area contributed by atoms with Gasteiger partial charge in [-0.1, -0.05) is 52.7 Å². The molecular formula is C30H44N2O2. The van der Waals surface area contributed by atoms with E-state index in [1.54, 1.807) is 0 Å². The summed E-state index contributed by atoms with van der Waals surface area (Å²) >= 11 is 0. The number of nitrogens with one attached hydrogen (secondary N) is 2. The molecule has 0 aliphatic heterocycles. The molecule has 5 saturated carbocycles. The Hall–Kier alpha value is -1.84. The van der Waals surface area contributed by atoms with E-state index in [1.807, 2.05) is 26.0 Å². The van der Waals surface area contributed by atoms with Crippen molar-refractivity contribution in [3.8, 4) is 0 Å². The molecule has 2 amide bonds. The third-order valence-electron chi connectivity index (χ3n) is 10.1. The molecular weight excluding hydrogens is 420 g/mol. The van der Waals surface area contributed by atoms with Gasteiger partial charge in [-0.05, 0) is 104 Å². The Bertz CT molecular complexity index is 870. The summed E-state index contributed by atoms with van der Waals surface area (Å²) < 4.78 is 0. The van der Waals surface area contributed by atoms with E-state index in [2.05, 4.69) is 36.6 Å². The molecule has 5 aliphatic carbocycles. The minimum atomic E-state index is -0.514. The van der Waals surface area contributed by atoms with Crippen molar-refractivity contribution in [3.63, 3.8) is 0 Å². The van der Waals surface area contributed by atoms with Crippen LogP contribution in [0.15, 0.2) is 24.3 Å². The van der Waals surface area contributed by atoms with Gasteiger partial charge in [0, 0.05) is 11.6 Å². The lowest BCUT2D eigenvalue weighted by atomic mass is 9.48. The number of amides is 2. The molecule has 4 bridgehead atoms.